The Hall–Kier alpha value is -1.26. The summed E-state index contributed by atoms with van der Waals surface area (Å²) in [4.78, 5) is 0. The summed E-state index contributed by atoms with van der Waals surface area (Å²) in [5.41, 5.74) is 2.54. The van der Waals surface area contributed by atoms with Gasteiger partial charge in [-0.25, -0.2) is 0 Å². The van der Waals surface area contributed by atoms with Crippen LogP contribution in [0.15, 0.2) is 12.1 Å². The Labute approximate surface area is 127 Å². The van der Waals surface area contributed by atoms with Gasteiger partial charge in [0.05, 0.1) is 0 Å². The molecule has 2 rings (SSSR count). The van der Waals surface area contributed by atoms with Gasteiger partial charge in [0.2, 0.25) is 0 Å². The van der Waals surface area contributed by atoms with Crippen molar-refractivity contribution in [3.8, 4) is 11.5 Å². The van der Waals surface area contributed by atoms with Crippen LogP contribution in [0, 0.1) is 6.92 Å². The van der Waals surface area contributed by atoms with Crippen molar-refractivity contribution in [3.63, 3.8) is 0 Å². The van der Waals surface area contributed by atoms with Gasteiger partial charge in [-0.3, -0.25) is 0 Å². The van der Waals surface area contributed by atoms with Crippen LogP contribution >= 0.6 is 0 Å². The van der Waals surface area contributed by atoms with Crippen molar-refractivity contribution in [2.45, 2.75) is 44.9 Å². The predicted molar refractivity (Wildman–Crippen MR) is 82.0 cm³/mol. The molecule has 1 aromatic rings. The number of hydrogen-bond donors (Lipinski definition) is 0. The van der Waals surface area contributed by atoms with Crippen molar-refractivity contribution >= 4 is 0 Å². The average Bonchev–Trinajstić information content (AvgIpc) is 2.51. The summed E-state index contributed by atoms with van der Waals surface area (Å²) in [5, 5.41) is 0. The lowest BCUT2D eigenvalue weighted by atomic mass is 9.82. The zero-order chi connectivity index (χ0) is 15.1. The van der Waals surface area contributed by atoms with E-state index in [1.807, 2.05) is 6.07 Å². The van der Waals surface area contributed by atoms with E-state index in [9.17, 15) is 0 Å². The molecule has 0 heterocycles. The van der Waals surface area contributed by atoms with Gasteiger partial charge >= 0.3 is 0 Å². The lowest BCUT2D eigenvalue weighted by Crippen LogP contribution is -2.11. The second kappa shape index (κ2) is 8.25. The molecule has 0 N–H and O–H groups in total. The van der Waals surface area contributed by atoms with Crippen molar-refractivity contribution in [2.75, 3.05) is 27.8 Å². The molecule has 0 aromatic heterocycles. The zero-order valence-electron chi connectivity index (χ0n) is 13.3. The molecule has 1 saturated carbocycles. The van der Waals surface area contributed by atoms with Crippen LogP contribution in [0.5, 0.6) is 11.5 Å². The maximum Gasteiger partial charge on any atom is 0.188 e. The maximum atomic E-state index is 5.80. The molecule has 0 atom stereocenters. The van der Waals surface area contributed by atoms with Crippen molar-refractivity contribution in [2.24, 2.45) is 0 Å². The first kappa shape index (κ1) is 16.1. The topological polar surface area (TPSA) is 36.9 Å². The van der Waals surface area contributed by atoms with Crippen LogP contribution in [0.25, 0.3) is 0 Å². The number of benzene rings is 1. The quantitative estimate of drug-likeness (QED) is 0.712. The summed E-state index contributed by atoms with van der Waals surface area (Å²) >= 11 is 0. The van der Waals surface area contributed by atoms with Crippen LogP contribution in [0.1, 0.15) is 49.1 Å². The second-order valence-electron chi connectivity index (χ2n) is 5.59. The number of rotatable bonds is 7. The van der Waals surface area contributed by atoms with E-state index in [-0.39, 0.29) is 13.6 Å². The van der Waals surface area contributed by atoms with Gasteiger partial charge < -0.3 is 18.9 Å². The summed E-state index contributed by atoms with van der Waals surface area (Å²) in [5.74, 6) is 2.25. The van der Waals surface area contributed by atoms with Crippen LogP contribution in [0.4, 0.5) is 0 Å². The molecule has 4 nitrogen and oxygen atoms in total. The molecule has 0 bridgehead atoms. The molecule has 0 spiro atoms. The van der Waals surface area contributed by atoms with Gasteiger partial charge in [-0.2, -0.15) is 0 Å². The fourth-order valence-electron chi connectivity index (χ4n) is 3.10. The molecule has 1 aliphatic rings. The standard InChI is InChI=1S/C17H26O4/c1-13-9-15(20-11-18-2)10-16(21-12-19-3)17(13)14-7-5-4-6-8-14/h9-10,14H,4-8,11-12H2,1-3H3. The first-order chi connectivity index (χ1) is 10.3. The first-order valence-corrected chi connectivity index (χ1v) is 7.64. The molecule has 0 aliphatic heterocycles. The highest BCUT2D eigenvalue weighted by Gasteiger charge is 2.22. The van der Waals surface area contributed by atoms with Gasteiger partial charge in [0.15, 0.2) is 13.6 Å². The Bertz CT molecular complexity index is 439. The highest BCUT2D eigenvalue weighted by atomic mass is 16.7. The van der Waals surface area contributed by atoms with Gasteiger partial charge in [0, 0.05) is 25.8 Å². The minimum Gasteiger partial charge on any atom is -0.467 e. The van der Waals surface area contributed by atoms with Crippen LogP contribution in [-0.2, 0) is 9.47 Å². The highest BCUT2D eigenvalue weighted by molar-refractivity contribution is 5.48. The number of hydrogen-bond acceptors (Lipinski definition) is 4. The van der Waals surface area contributed by atoms with Gasteiger partial charge in [0.25, 0.3) is 0 Å². The van der Waals surface area contributed by atoms with E-state index >= 15 is 0 Å². The monoisotopic (exact) mass is 294 g/mol. The van der Waals surface area contributed by atoms with E-state index in [2.05, 4.69) is 13.0 Å². The van der Waals surface area contributed by atoms with E-state index in [1.165, 1.54) is 43.2 Å². The zero-order valence-corrected chi connectivity index (χ0v) is 13.3. The Kier molecular flexibility index (Phi) is 6.33. The fourth-order valence-corrected chi connectivity index (χ4v) is 3.10. The minimum atomic E-state index is 0.242. The molecule has 1 fully saturated rings. The average molecular weight is 294 g/mol. The summed E-state index contributed by atoms with van der Waals surface area (Å²) in [6.45, 7) is 2.63. The normalized spacial score (nSPS) is 16.0. The Morgan fingerprint density at radius 1 is 0.952 bits per heavy atom. The number of methoxy groups -OCH3 is 2. The van der Waals surface area contributed by atoms with E-state index < -0.39 is 0 Å². The SMILES string of the molecule is COCOc1cc(C)c(C2CCCCC2)c(OCOC)c1. The van der Waals surface area contributed by atoms with Crippen molar-refractivity contribution in [1.82, 2.24) is 0 Å². The number of ether oxygens (including phenoxy) is 4. The van der Waals surface area contributed by atoms with Gasteiger partial charge in [0.1, 0.15) is 11.5 Å². The first-order valence-electron chi connectivity index (χ1n) is 7.64. The molecule has 0 unspecified atom stereocenters. The predicted octanol–water partition coefficient (Wildman–Crippen LogP) is 4.01. The lowest BCUT2D eigenvalue weighted by molar-refractivity contribution is 0.0452. The summed E-state index contributed by atoms with van der Waals surface area (Å²) in [7, 11) is 3.25. The minimum absolute atomic E-state index is 0.242. The molecule has 0 radical (unpaired) electrons. The van der Waals surface area contributed by atoms with E-state index in [1.54, 1.807) is 14.2 Å². The molecule has 1 aromatic carbocycles. The highest BCUT2D eigenvalue weighted by Crippen LogP contribution is 2.41. The molecule has 4 heteroatoms. The third-order valence-corrected chi connectivity index (χ3v) is 4.01. The third kappa shape index (κ3) is 4.35. The van der Waals surface area contributed by atoms with Crippen molar-refractivity contribution < 1.29 is 18.9 Å². The molecule has 0 saturated heterocycles. The van der Waals surface area contributed by atoms with Crippen LogP contribution in [0.2, 0.25) is 0 Å². The molecule has 118 valence electrons. The van der Waals surface area contributed by atoms with Gasteiger partial charge in [-0.1, -0.05) is 19.3 Å². The largest absolute Gasteiger partial charge is 0.467 e. The molecule has 21 heavy (non-hydrogen) atoms. The smallest absolute Gasteiger partial charge is 0.188 e. The molecular weight excluding hydrogens is 268 g/mol. The van der Waals surface area contributed by atoms with E-state index in [0.717, 1.165) is 11.5 Å². The van der Waals surface area contributed by atoms with Crippen molar-refractivity contribution in [1.29, 1.82) is 0 Å². The maximum absolute atomic E-state index is 5.80. The summed E-state index contributed by atoms with van der Waals surface area (Å²) < 4.78 is 21.4. The molecule has 0 amide bonds. The third-order valence-electron chi connectivity index (χ3n) is 4.01. The second-order valence-corrected chi connectivity index (χ2v) is 5.59. The molecular formula is C17H26O4. The Morgan fingerprint density at radius 3 is 2.29 bits per heavy atom. The summed E-state index contributed by atoms with van der Waals surface area (Å²) in [6, 6.07) is 4.03. The van der Waals surface area contributed by atoms with E-state index in [0.29, 0.717) is 5.92 Å². The fraction of sp³-hybridized carbons (Fsp3) is 0.647. The van der Waals surface area contributed by atoms with Crippen molar-refractivity contribution in [3.05, 3.63) is 23.3 Å². The van der Waals surface area contributed by atoms with Crippen LogP contribution in [-0.4, -0.2) is 27.8 Å². The Balaban J connectivity index is 2.26. The van der Waals surface area contributed by atoms with E-state index in [4.69, 9.17) is 18.9 Å². The van der Waals surface area contributed by atoms with Crippen LogP contribution < -0.4 is 9.47 Å². The van der Waals surface area contributed by atoms with Gasteiger partial charge in [-0.15, -0.1) is 0 Å². The van der Waals surface area contributed by atoms with Crippen LogP contribution in [0.3, 0.4) is 0 Å². The van der Waals surface area contributed by atoms with Gasteiger partial charge in [-0.05, 0) is 37.3 Å². The Morgan fingerprint density at radius 2 is 1.62 bits per heavy atom. The molecule has 1 aliphatic carbocycles. The number of aryl methyl sites for hydroxylation is 1. The summed E-state index contributed by atoms with van der Waals surface area (Å²) in [6.07, 6.45) is 6.43. The lowest BCUT2D eigenvalue weighted by Gasteiger charge is -2.26.